The van der Waals surface area contributed by atoms with Crippen LogP contribution in [0.4, 0.5) is 13.2 Å². The average Bonchev–Trinajstić information content (AvgIpc) is 3.03. The van der Waals surface area contributed by atoms with E-state index in [-0.39, 0.29) is 30.8 Å². The van der Waals surface area contributed by atoms with Gasteiger partial charge in [-0.05, 0) is 25.0 Å². The Balaban J connectivity index is 2.45. The molecule has 1 amide bonds. The molecule has 2 aromatic heterocycles. The Kier molecular flexibility index (Phi) is 6.01. The smallest absolute Gasteiger partial charge is 0.395 e. The maximum atomic E-state index is 12.7. The lowest BCUT2D eigenvalue weighted by Gasteiger charge is -2.20. The third-order valence-electron chi connectivity index (χ3n) is 3.91. The first-order chi connectivity index (χ1) is 12.2. The number of rotatable bonds is 6. The molecule has 2 aromatic rings. The molecular formula is C17H21F3N4O2. The number of pyridine rings is 1. The highest BCUT2D eigenvalue weighted by Gasteiger charge is 2.31. The Morgan fingerprint density at radius 3 is 2.46 bits per heavy atom. The molecule has 1 N–H and O–H groups in total. The van der Waals surface area contributed by atoms with Gasteiger partial charge in [-0.3, -0.25) is 4.79 Å². The summed E-state index contributed by atoms with van der Waals surface area (Å²) >= 11 is 0. The van der Waals surface area contributed by atoms with E-state index >= 15 is 0 Å². The van der Waals surface area contributed by atoms with Gasteiger partial charge in [0.1, 0.15) is 0 Å². The third kappa shape index (κ3) is 4.04. The van der Waals surface area contributed by atoms with Crippen molar-refractivity contribution in [3.63, 3.8) is 0 Å². The second-order valence-corrected chi connectivity index (χ2v) is 6.02. The van der Waals surface area contributed by atoms with Gasteiger partial charge in [0.05, 0.1) is 29.6 Å². The highest BCUT2D eigenvalue weighted by Crippen LogP contribution is 2.29. The van der Waals surface area contributed by atoms with Crippen LogP contribution in [0.2, 0.25) is 0 Å². The molecule has 0 aromatic carbocycles. The summed E-state index contributed by atoms with van der Waals surface area (Å²) in [5, 5.41) is 13.3. The SMILES string of the molecule is CCN(CCO)C(=O)c1cnn(-c2ccc(C(F)(F)F)cn2)c1C(C)C. The van der Waals surface area contributed by atoms with Gasteiger partial charge >= 0.3 is 6.18 Å². The lowest BCUT2D eigenvalue weighted by Crippen LogP contribution is -2.33. The first kappa shape index (κ1) is 19.9. The summed E-state index contributed by atoms with van der Waals surface area (Å²) in [7, 11) is 0. The molecule has 9 heteroatoms. The molecule has 0 bridgehead atoms. The normalized spacial score (nSPS) is 11.8. The zero-order valence-electron chi connectivity index (χ0n) is 14.8. The number of alkyl halides is 3. The summed E-state index contributed by atoms with van der Waals surface area (Å²) in [6.07, 6.45) is -2.34. The number of carbonyl (C=O) groups excluding carboxylic acids is 1. The van der Waals surface area contributed by atoms with Gasteiger partial charge in [0.25, 0.3) is 5.91 Å². The van der Waals surface area contributed by atoms with Crippen molar-refractivity contribution in [1.29, 1.82) is 0 Å². The minimum absolute atomic E-state index is 0.117. The third-order valence-corrected chi connectivity index (χ3v) is 3.91. The van der Waals surface area contributed by atoms with Crippen molar-refractivity contribution in [3.05, 3.63) is 41.3 Å². The first-order valence-corrected chi connectivity index (χ1v) is 8.22. The number of aliphatic hydroxyl groups is 1. The van der Waals surface area contributed by atoms with Crippen molar-refractivity contribution >= 4 is 5.91 Å². The van der Waals surface area contributed by atoms with Gasteiger partial charge in [-0.2, -0.15) is 18.3 Å². The Hall–Kier alpha value is -2.42. The Labute approximate surface area is 149 Å². The van der Waals surface area contributed by atoms with E-state index in [0.717, 1.165) is 12.3 Å². The van der Waals surface area contributed by atoms with Crippen LogP contribution in [0, 0.1) is 0 Å². The molecule has 142 valence electrons. The van der Waals surface area contributed by atoms with Crippen LogP contribution in [0.15, 0.2) is 24.5 Å². The van der Waals surface area contributed by atoms with Crippen LogP contribution in [0.1, 0.15) is 48.3 Å². The molecular weight excluding hydrogens is 349 g/mol. The molecule has 6 nitrogen and oxygen atoms in total. The number of likely N-dealkylation sites (N-methyl/N-ethyl adjacent to an activating group) is 1. The largest absolute Gasteiger partial charge is 0.417 e. The molecule has 0 aliphatic rings. The fourth-order valence-corrected chi connectivity index (χ4v) is 2.63. The molecule has 0 aliphatic heterocycles. The van der Waals surface area contributed by atoms with Gasteiger partial charge < -0.3 is 10.0 Å². The van der Waals surface area contributed by atoms with Gasteiger partial charge in [0.2, 0.25) is 0 Å². The van der Waals surface area contributed by atoms with E-state index in [1.54, 1.807) is 6.92 Å². The van der Waals surface area contributed by atoms with Crippen LogP contribution in [0.25, 0.3) is 5.82 Å². The second-order valence-electron chi connectivity index (χ2n) is 6.02. The number of hydrogen-bond acceptors (Lipinski definition) is 4. The fraction of sp³-hybridized carbons (Fsp3) is 0.471. The number of nitrogens with zero attached hydrogens (tertiary/aromatic N) is 4. The molecule has 0 saturated carbocycles. The van der Waals surface area contributed by atoms with Crippen LogP contribution < -0.4 is 0 Å². The van der Waals surface area contributed by atoms with Crippen molar-refractivity contribution in [2.45, 2.75) is 32.9 Å². The molecule has 0 atom stereocenters. The fourth-order valence-electron chi connectivity index (χ4n) is 2.63. The summed E-state index contributed by atoms with van der Waals surface area (Å²) in [6, 6.07) is 2.15. The molecule has 2 rings (SSSR count). The minimum Gasteiger partial charge on any atom is -0.395 e. The predicted octanol–water partition coefficient (Wildman–Crippen LogP) is 2.86. The van der Waals surface area contributed by atoms with Crippen molar-refractivity contribution in [2.24, 2.45) is 0 Å². The Morgan fingerprint density at radius 1 is 1.31 bits per heavy atom. The molecule has 0 unspecified atom stereocenters. The number of halogens is 3. The summed E-state index contributed by atoms with van der Waals surface area (Å²) < 4.78 is 39.5. The van der Waals surface area contributed by atoms with E-state index in [4.69, 9.17) is 5.11 Å². The van der Waals surface area contributed by atoms with Crippen LogP contribution >= 0.6 is 0 Å². The molecule has 2 heterocycles. The van der Waals surface area contributed by atoms with Crippen molar-refractivity contribution < 1.29 is 23.1 Å². The quantitative estimate of drug-likeness (QED) is 0.849. The minimum atomic E-state index is -4.47. The molecule has 0 aliphatic carbocycles. The average molecular weight is 370 g/mol. The van der Waals surface area contributed by atoms with Gasteiger partial charge in [0, 0.05) is 19.3 Å². The monoisotopic (exact) mass is 370 g/mol. The van der Waals surface area contributed by atoms with E-state index in [1.165, 1.54) is 21.8 Å². The lowest BCUT2D eigenvalue weighted by molar-refractivity contribution is -0.137. The number of carbonyl (C=O) groups is 1. The van der Waals surface area contributed by atoms with E-state index in [1.807, 2.05) is 13.8 Å². The topological polar surface area (TPSA) is 71.2 Å². The number of aliphatic hydroxyl groups excluding tert-OH is 1. The summed E-state index contributed by atoms with van der Waals surface area (Å²) in [6.45, 7) is 5.96. The Bertz CT molecular complexity index is 754. The van der Waals surface area contributed by atoms with Crippen molar-refractivity contribution in [1.82, 2.24) is 19.7 Å². The van der Waals surface area contributed by atoms with Crippen LogP contribution in [-0.4, -0.2) is 50.4 Å². The van der Waals surface area contributed by atoms with E-state index < -0.39 is 11.7 Å². The molecule has 26 heavy (non-hydrogen) atoms. The molecule has 0 spiro atoms. The maximum Gasteiger partial charge on any atom is 0.417 e. The van der Waals surface area contributed by atoms with Crippen LogP contribution in [-0.2, 0) is 6.18 Å². The van der Waals surface area contributed by atoms with Gasteiger partial charge in [-0.15, -0.1) is 0 Å². The van der Waals surface area contributed by atoms with Gasteiger partial charge in [0.15, 0.2) is 5.82 Å². The van der Waals surface area contributed by atoms with Crippen molar-refractivity contribution in [2.75, 3.05) is 19.7 Å². The van der Waals surface area contributed by atoms with Crippen LogP contribution in [0.5, 0.6) is 0 Å². The number of aromatic nitrogens is 3. The number of amides is 1. The van der Waals surface area contributed by atoms with Gasteiger partial charge in [-0.25, -0.2) is 9.67 Å². The summed E-state index contributed by atoms with van der Waals surface area (Å²) in [5.41, 5.74) is 0.0477. The predicted molar refractivity (Wildman–Crippen MR) is 89.1 cm³/mol. The van der Waals surface area contributed by atoms with E-state index in [2.05, 4.69) is 10.1 Å². The lowest BCUT2D eigenvalue weighted by atomic mass is 10.0. The van der Waals surface area contributed by atoms with E-state index in [0.29, 0.717) is 17.8 Å². The van der Waals surface area contributed by atoms with E-state index in [9.17, 15) is 18.0 Å². The highest BCUT2D eigenvalue weighted by molar-refractivity contribution is 5.95. The first-order valence-electron chi connectivity index (χ1n) is 8.22. The van der Waals surface area contributed by atoms with Crippen molar-refractivity contribution in [3.8, 4) is 5.82 Å². The zero-order valence-corrected chi connectivity index (χ0v) is 14.8. The molecule has 0 fully saturated rings. The number of hydrogen-bond donors (Lipinski definition) is 1. The molecule has 0 radical (unpaired) electrons. The van der Waals surface area contributed by atoms with Crippen LogP contribution in [0.3, 0.4) is 0 Å². The zero-order chi connectivity index (χ0) is 19.5. The maximum absolute atomic E-state index is 12.7. The molecule has 0 saturated heterocycles. The highest BCUT2D eigenvalue weighted by atomic mass is 19.4. The Morgan fingerprint density at radius 2 is 2.00 bits per heavy atom. The van der Waals surface area contributed by atoms with Gasteiger partial charge in [-0.1, -0.05) is 13.8 Å². The summed E-state index contributed by atoms with van der Waals surface area (Å²) in [4.78, 5) is 18.0. The standard InChI is InChI=1S/C17H21F3N4O2/c1-4-23(7-8-25)16(26)13-10-22-24(15(13)11(2)3)14-6-5-12(9-21-14)17(18,19)20/h5-6,9-11,25H,4,7-8H2,1-3H3. The summed E-state index contributed by atoms with van der Waals surface area (Å²) in [5.74, 6) is -0.206. The second kappa shape index (κ2) is 7.86.